The molecule has 0 atom stereocenters. The van der Waals surface area contributed by atoms with Gasteiger partial charge in [0.25, 0.3) is 0 Å². The first-order chi connectivity index (χ1) is 8.27. The maximum absolute atomic E-state index is 10.2. The zero-order valence-corrected chi connectivity index (χ0v) is 9.48. The van der Waals surface area contributed by atoms with Crippen molar-refractivity contribution in [2.24, 2.45) is 0 Å². The van der Waals surface area contributed by atoms with Gasteiger partial charge in [-0.25, -0.2) is 0 Å². The van der Waals surface area contributed by atoms with Crippen LogP contribution in [0.25, 0.3) is 10.8 Å². The third kappa shape index (κ3) is 2.97. The molecule has 17 heavy (non-hydrogen) atoms. The van der Waals surface area contributed by atoms with E-state index in [1.807, 2.05) is 18.2 Å². The number of benzene rings is 2. The molecule has 2 aromatic rings. The number of carbonyl (C=O) groups excluding carboxylic acids is 1. The van der Waals surface area contributed by atoms with Crippen LogP contribution in [0.4, 0.5) is 4.79 Å². The fourth-order valence-corrected chi connectivity index (χ4v) is 1.98. The zero-order chi connectivity index (χ0) is 12.1. The van der Waals surface area contributed by atoms with Gasteiger partial charge in [-0.3, -0.25) is 0 Å². The van der Waals surface area contributed by atoms with Gasteiger partial charge in [-0.1, -0.05) is 42.5 Å². The van der Waals surface area contributed by atoms with Crippen LogP contribution in [0.5, 0.6) is 0 Å². The normalized spacial score (nSPS) is 10.4. The molecule has 0 aliphatic heterocycles. The van der Waals surface area contributed by atoms with Crippen LogP contribution in [0.15, 0.2) is 42.5 Å². The standard InChI is InChI=1S/C14H15NO2/c16-14(17)15-10-4-8-12-7-3-6-11-5-1-2-9-13(11)12/h1-3,5-7,9,15H,4,8,10H2,(H,16,17)/p-1. The Balaban J connectivity index is 2.05. The highest BCUT2D eigenvalue weighted by molar-refractivity contribution is 5.85. The molecule has 0 unspecified atom stereocenters. The topological polar surface area (TPSA) is 52.2 Å². The lowest BCUT2D eigenvalue weighted by molar-refractivity contribution is -0.250. The first kappa shape index (κ1) is 11.5. The Morgan fingerprint density at radius 2 is 1.88 bits per heavy atom. The molecular formula is C14H14NO2-. The van der Waals surface area contributed by atoms with Gasteiger partial charge in [0, 0.05) is 6.54 Å². The third-order valence-electron chi connectivity index (χ3n) is 2.77. The largest absolute Gasteiger partial charge is 0.530 e. The van der Waals surface area contributed by atoms with E-state index in [1.165, 1.54) is 16.3 Å². The molecule has 3 heteroatoms. The second-order valence-corrected chi connectivity index (χ2v) is 3.96. The Morgan fingerprint density at radius 3 is 2.71 bits per heavy atom. The molecule has 0 aromatic heterocycles. The lowest BCUT2D eigenvalue weighted by Crippen LogP contribution is -2.37. The minimum absolute atomic E-state index is 0.436. The smallest absolute Gasteiger partial charge is 0.134 e. The van der Waals surface area contributed by atoms with Gasteiger partial charge in [0.2, 0.25) is 0 Å². The van der Waals surface area contributed by atoms with Crippen molar-refractivity contribution < 1.29 is 9.90 Å². The molecule has 0 heterocycles. The van der Waals surface area contributed by atoms with Crippen LogP contribution in [-0.4, -0.2) is 12.6 Å². The van der Waals surface area contributed by atoms with E-state index in [4.69, 9.17) is 0 Å². The van der Waals surface area contributed by atoms with Gasteiger partial charge in [-0.2, -0.15) is 0 Å². The van der Waals surface area contributed by atoms with E-state index in [0.29, 0.717) is 6.54 Å². The van der Waals surface area contributed by atoms with Gasteiger partial charge in [-0.15, -0.1) is 0 Å². The van der Waals surface area contributed by atoms with Crippen LogP contribution in [0.3, 0.4) is 0 Å². The van der Waals surface area contributed by atoms with Crippen LogP contribution >= 0.6 is 0 Å². The fraction of sp³-hybridized carbons (Fsp3) is 0.214. The molecule has 88 valence electrons. The van der Waals surface area contributed by atoms with Gasteiger partial charge >= 0.3 is 0 Å². The number of fused-ring (bicyclic) bond motifs is 1. The number of amides is 1. The molecule has 0 bridgehead atoms. The highest BCUT2D eigenvalue weighted by Crippen LogP contribution is 2.19. The molecule has 0 spiro atoms. The molecule has 0 fully saturated rings. The van der Waals surface area contributed by atoms with Crippen molar-refractivity contribution in [2.75, 3.05) is 6.54 Å². The number of rotatable bonds is 4. The summed E-state index contributed by atoms with van der Waals surface area (Å²) in [7, 11) is 0. The Bertz CT molecular complexity index is 517. The lowest BCUT2D eigenvalue weighted by atomic mass is 10.0. The minimum atomic E-state index is -1.21. The Labute approximate surface area is 100 Å². The van der Waals surface area contributed by atoms with Crippen molar-refractivity contribution in [1.29, 1.82) is 0 Å². The van der Waals surface area contributed by atoms with E-state index in [-0.39, 0.29) is 0 Å². The summed E-state index contributed by atoms with van der Waals surface area (Å²) >= 11 is 0. The van der Waals surface area contributed by atoms with E-state index >= 15 is 0 Å². The second kappa shape index (κ2) is 5.34. The Morgan fingerprint density at radius 1 is 1.12 bits per heavy atom. The number of hydrogen-bond acceptors (Lipinski definition) is 2. The zero-order valence-electron chi connectivity index (χ0n) is 9.48. The van der Waals surface area contributed by atoms with Gasteiger partial charge in [-0.05, 0) is 29.2 Å². The summed E-state index contributed by atoms with van der Waals surface area (Å²) in [6.07, 6.45) is 0.437. The Hall–Kier alpha value is -2.03. The highest BCUT2D eigenvalue weighted by atomic mass is 16.4. The fourth-order valence-electron chi connectivity index (χ4n) is 1.98. The second-order valence-electron chi connectivity index (χ2n) is 3.96. The average molecular weight is 228 g/mol. The summed E-state index contributed by atoms with van der Waals surface area (Å²) in [5.41, 5.74) is 1.25. The minimum Gasteiger partial charge on any atom is -0.530 e. The monoisotopic (exact) mass is 228 g/mol. The van der Waals surface area contributed by atoms with Crippen molar-refractivity contribution in [2.45, 2.75) is 12.8 Å². The molecule has 1 amide bonds. The first-order valence-electron chi connectivity index (χ1n) is 5.69. The van der Waals surface area contributed by atoms with E-state index in [2.05, 4.69) is 29.6 Å². The van der Waals surface area contributed by atoms with Crippen molar-refractivity contribution in [3.05, 3.63) is 48.0 Å². The third-order valence-corrected chi connectivity index (χ3v) is 2.77. The maximum Gasteiger partial charge on any atom is 0.134 e. The number of nitrogens with one attached hydrogen (secondary N) is 1. The molecule has 0 saturated heterocycles. The van der Waals surface area contributed by atoms with Crippen LogP contribution in [0.2, 0.25) is 0 Å². The maximum atomic E-state index is 10.2. The molecule has 0 radical (unpaired) electrons. The van der Waals surface area contributed by atoms with Crippen molar-refractivity contribution >= 4 is 16.9 Å². The average Bonchev–Trinajstić information content (AvgIpc) is 2.34. The molecule has 3 nitrogen and oxygen atoms in total. The SMILES string of the molecule is O=C([O-])NCCCc1cccc2ccccc12. The van der Waals surface area contributed by atoms with Gasteiger partial charge < -0.3 is 15.2 Å². The molecule has 0 saturated carbocycles. The number of carboxylic acid groups (broad SMARTS) is 1. The van der Waals surface area contributed by atoms with Gasteiger partial charge in [0.1, 0.15) is 6.09 Å². The van der Waals surface area contributed by atoms with Crippen molar-refractivity contribution in [3.63, 3.8) is 0 Å². The molecule has 0 aliphatic rings. The number of hydrogen-bond donors (Lipinski definition) is 1. The van der Waals surface area contributed by atoms with Crippen LogP contribution in [0, 0.1) is 0 Å². The molecule has 1 N–H and O–H groups in total. The summed E-state index contributed by atoms with van der Waals surface area (Å²) in [5, 5.41) is 14.9. The lowest BCUT2D eigenvalue weighted by Gasteiger charge is -2.08. The predicted molar refractivity (Wildman–Crippen MR) is 65.7 cm³/mol. The van der Waals surface area contributed by atoms with E-state index < -0.39 is 6.09 Å². The Kier molecular flexibility index (Phi) is 3.60. The molecule has 2 rings (SSSR count). The van der Waals surface area contributed by atoms with Crippen LogP contribution < -0.4 is 10.4 Å². The summed E-state index contributed by atoms with van der Waals surface area (Å²) in [4.78, 5) is 10.2. The van der Waals surface area contributed by atoms with Gasteiger partial charge in [0.05, 0.1) is 0 Å². The summed E-state index contributed by atoms with van der Waals surface area (Å²) in [6.45, 7) is 0.436. The van der Waals surface area contributed by atoms with Gasteiger partial charge in [0.15, 0.2) is 0 Å². The summed E-state index contributed by atoms with van der Waals surface area (Å²) < 4.78 is 0. The quantitative estimate of drug-likeness (QED) is 0.810. The highest BCUT2D eigenvalue weighted by Gasteiger charge is 1.99. The van der Waals surface area contributed by atoms with Crippen LogP contribution in [0.1, 0.15) is 12.0 Å². The van der Waals surface area contributed by atoms with E-state index in [9.17, 15) is 9.90 Å². The van der Waals surface area contributed by atoms with Crippen LogP contribution in [-0.2, 0) is 6.42 Å². The number of aryl methyl sites for hydroxylation is 1. The summed E-state index contributed by atoms with van der Waals surface area (Å²) in [6, 6.07) is 14.4. The van der Waals surface area contributed by atoms with Crippen molar-refractivity contribution in [3.8, 4) is 0 Å². The van der Waals surface area contributed by atoms with Crippen molar-refractivity contribution in [1.82, 2.24) is 5.32 Å². The van der Waals surface area contributed by atoms with E-state index in [0.717, 1.165) is 12.8 Å². The first-order valence-corrected chi connectivity index (χ1v) is 5.69. The molecule has 2 aromatic carbocycles. The predicted octanol–water partition coefficient (Wildman–Crippen LogP) is 1.71. The number of carbonyl (C=O) groups is 1. The molecular weight excluding hydrogens is 214 g/mol. The van der Waals surface area contributed by atoms with E-state index in [1.54, 1.807) is 0 Å². The molecule has 0 aliphatic carbocycles. The summed E-state index contributed by atoms with van der Waals surface area (Å²) in [5.74, 6) is 0.